The van der Waals surface area contributed by atoms with Crippen molar-refractivity contribution in [3.63, 3.8) is 0 Å². The van der Waals surface area contributed by atoms with Gasteiger partial charge in [0.25, 0.3) is 0 Å². The number of H-pyrrole nitrogens is 1. The van der Waals surface area contributed by atoms with E-state index in [1.807, 2.05) is 4.90 Å². The number of fused-ring (bicyclic) bond motifs is 1. The normalized spacial score (nSPS) is 15.3. The highest BCUT2D eigenvalue weighted by molar-refractivity contribution is 6.32. The molecule has 0 aliphatic carbocycles. The maximum Gasteiger partial charge on any atom is 0.436 e. The van der Waals surface area contributed by atoms with E-state index in [0.717, 1.165) is 4.68 Å². The van der Waals surface area contributed by atoms with Crippen molar-refractivity contribution in [2.75, 3.05) is 31.1 Å². The van der Waals surface area contributed by atoms with Gasteiger partial charge in [0.1, 0.15) is 18.4 Å². The van der Waals surface area contributed by atoms with Crippen LogP contribution < -0.4 is 4.90 Å². The maximum atomic E-state index is 12.9. The van der Waals surface area contributed by atoms with Crippen LogP contribution in [-0.2, 0) is 17.5 Å². The van der Waals surface area contributed by atoms with Gasteiger partial charge in [0.05, 0.1) is 17.0 Å². The van der Waals surface area contributed by atoms with Crippen LogP contribution in [0.5, 0.6) is 0 Å². The number of aromatic nitrogens is 6. The fourth-order valence-electron chi connectivity index (χ4n) is 3.25. The van der Waals surface area contributed by atoms with Crippen LogP contribution in [0.4, 0.5) is 19.0 Å². The quantitative estimate of drug-likeness (QED) is 0.684. The molecule has 0 saturated carbocycles. The van der Waals surface area contributed by atoms with Gasteiger partial charge < -0.3 is 14.8 Å². The number of amides is 1. The summed E-state index contributed by atoms with van der Waals surface area (Å²) in [6.45, 7) is 2.94. The zero-order chi connectivity index (χ0) is 20.8. The van der Waals surface area contributed by atoms with Gasteiger partial charge in [0.15, 0.2) is 17.2 Å². The van der Waals surface area contributed by atoms with Crippen LogP contribution in [0.3, 0.4) is 0 Å². The van der Waals surface area contributed by atoms with Crippen molar-refractivity contribution in [3.8, 4) is 0 Å². The predicted molar refractivity (Wildman–Crippen MR) is 97.5 cm³/mol. The number of anilines is 1. The third-order valence-electron chi connectivity index (χ3n) is 4.82. The van der Waals surface area contributed by atoms with E-state index in [0.29, 0.717) is 43.2 Å². The number of imidazole rings is 1. The van der Waals surface area contributed by atoms with Crippen molar-refractivity contribution in [2.45, 2.75) is 19.6 Å². The molecule has 4 rings (SSSR count). The lowest BCUT2D eigenvalue weighted by Crippen LogP contribution is -2.50. The number of alkyl halides is 3. The van der Waals surface area contributed by atoms with E-state index >= 15 is 0 Å². The fraction of sp³-hybridized carbons (Fsp3) is 0.438. The summed E-state index contributed by atoms with van der Waals surface area (Å²) in [5.41, 5.74) is 0.198. The molecule has 1 amide bonds. The molecular formula is C16H16ClF3N8O. The zero-order valence-corrected chi connectivity index (χ0v) is 16.0. The third-order valence-corrected chi connectivity index (χ3v) is 5.27. The Labute approximate surface area is 167 Å². The fourth-order valence-corrected chi connectivity index (χ4v) is 3.49. The highest BCUT2D eigenvalue weighted by atomic mass is 35.5. The molecule has 9 nitrogen and oxygen atoms in total. The SMILES string of the molecule is Cc1c(Cl)c(C(F)(F)F)nn1CC(=O)N1CCN(c2ncnc3nc[nH]c23)CC1. The average molecular weight is 429 g/mol. The smallest absolute Gasteiger partial charge is 0.351 e. The molecule has 0 unspecified atom stereocenters. The molecule has 3 aromatic heterocycles. The second-order valence-electron chi connectivity index (χ2n) is 6.57. The van der Waals surface area contributed by atoms with E-state index in [2.05, 4.69) is 25.0 Å². The van der Waals surface area contributed by atoms with E-state index in [-0.39, 0.29) is 18.1 Å². The van der Waals surface area contributed by atoms with Gasteiger partial charge in [-0.2, -0.15) is 18.3 Å². The summed E-state index contributed by atoms with van der Waals surface area (Å²) < 4.78 is 39.8. The molecule has 1 saturated heterocycles. The third kappa shape index (κ3) is 3.59. The Kier molecular flexibility index (Phi) is 4.81. The van der Waals surface area contributed by atoms with Crippen LogP contribution >= 0.6 is 11.6 Å². The molecule has 29 heavy (non-hydrogen) atoms. The van der Waals surface area contributed by atoms with Crippen LogP contribution in [0, 0.1) is 6.92 Å². The molecule has 1 fully saturated rings. The number of hydrogen-bond donors (Lipinski definition) is 1. The average Bonchev–Trinajstić information content (AvgIpc) is 3.28. The Balaban J connectivity index is 1.43. The van der Waals surface area contributed by atoms with Gasteiger partial charge in [-0.1, -0.05) is 11.6 Å². The number of carbonyl (C=O) groups excluding carboxylic acids is 1. The summed E-state index contributed by atoms with van der Waals surface area (Å²) in [6, 6.07) is 0. The van der Waals surface area contributed by atoms with Crippen molar-refractivity contribution >= 4 is 34.5 Å². The molecule has 0 radical (unpaired) electrons. The van der Waals surface area contributed by atoms with Crippen molar-refractivity contribution in [3.05, 3.63) is 29.1 Å². The lowest BCUT2D eigenvalue weighted by Gasteiger charge is -2.35. The number of halogens is 4. The Hall–Kier alpha value is -2.89. The minimum atomic E-state index is -4.67. The lowest BCUT2D eigenvalue weighted by atomic mass is 10.3. The van der Waals surface area contributed by atoms with E-state index in [4.69, 9.17) is 11.6 Å². The second-order valence-corrected chi connectivity index (χ2v) is 6.95. The largest absolute Gasteiger partial charge is 0.436 e. The van der Waals surface area contributed by atoms with Gasteiger partial charge in [-0.15, -0.1) is 0 Å². The van der Waals surface area contributed by atoms with Crippen LogP contribution in [0.2, 0.25) is 5.02 Å². The van der Waals surface area contributed by atoms with E-state index in [1.54, 1.807) is 4.90 Å². The maximum absolute atomic E-state index is 12.9. The zero-order valence-electron chi connectivity index (χ0n) is 15.2. The molecule has 4 heterocycles. The van der Waals surface area contributed by atoms with Gasteiger partial charge in [-0.05, 0) is 6.92 Å². The number of rotatable bonds is 3. The number of aromatic amines is 1. The minimum absolute atomic E-state index is 0.105. The number of hydrogen-bond acceptors (Lipinski definition) is 6. The first kappa shape index (κ1) is 19.4. The Bertz CT molecular complexity index is 1050. The summed E-state index contributed by atoms with van der Waals surface area (Å²) in [4.78, 5) is 31.6. The summed E-state index contributed by atoms with van der Waals surface area (Å²) in [5.74, 6) is 0.374. The second kappa shape index (κ2) is 7.17. The molecule has 3 aromatic rings. The van der Waals surface area contributed by atoms with Crippen LogP contribution in [0.1, 0.15) is 11.4 Å². The summed E-state index contributed by atoms with van der Waals surface area (Å²) in [6.07, 6.45) is -1.70. The van der Waals surface area contributed by atoms with Crippen LogP contribution in [0.25, 0.3) is 11.2 Å². The van der Waals surface area contributed by atoms with E-state index in [1.165, 1.54) is 19.6 Å². The predicted octanol–water partition coefficient (Wildman–Crippen LogP) is 1.88. The van der Waals surface area contributed by atoms with Crippen molar-refractivity contribution in [1.29, 1.82) is 0 Å². The van der Waals surface area contributed by atoms with Gasteiger partial charge in [0, 0.05) is 26.2 Å². The Morgan fingerprint density at radius 2 is 1.93 bits per heavy atom. The standard InChI is InChI=1S/C16H16ClF3N8O/c1-9-11(17)13(16(18,19)20)25-28(9)6-10(29)26-2-4-27(5-3-26)15-12-14(22-7-21-12)23-8-24-15/h7-8H,2-6H2,1H3,(H,21,22,23,24). The summed E-state index contributed by atoms with van der Waals surface area (Å²) in [5, 5.41) is 3.00. The van der Waals surface area contributed by atoms with Crippen molar-refractivity contribution in [1.82, 2.24) is 34.6 Å². The Morgan fingerprint density at radius 3 is 2.59 bits per heavy atom. The molecule has 1 N–H and O–H groups in total. The number of carbonyl (C=O) groups is 1. The highest BCUT2D eigenvalue weighted by Gasteiger charge is 2.38. The van der Waals surface area contributed by atoms with E-state index in [9.17, 15) is 18.0 Å². The van der Waals surface area contributed by atoms with Gasteiger partial charge in [-0.3, -0.25) is 9.48 Å². The topological polar surface area (TPSA) is 95.8 Å². The van der Waals surface area contributed by atoms with Crippen LogP contribution in [-0.4, -0.2) is 66.7 Å². The summed E-state index contributed by atoms with van der Waals surface area (Å²) >= 11 is 5.74. The first-order chi connectivity index (χ1) is 13.8. The Morgan fingerprint density at radius 1 is 1.21 bits per heavy atom. The lowest BCUT2D eigenvalue weighted by molar-refractivity contribution is -0.142. The molecule has 1 aliphatic rings. The van der Waals surface area contributed by atoms with Crippen molar-refractivity contribution in [2.24, 2.45) is 0 Å². The molecule has 0 atom stereocenters. The molecular weight excluding hydrogens is 413 g/mol. The summed E-state index contributed by atoms with van der Waals surface area (Å²) in [7, 11) is 0. The van der Waals surface area contributed by atoms with E-state index < -0.39 is 16.9 Å². The number of piperazine rings is 1. The molecule has 1 aliphatic heterocycles. The minimum Gasteiger partial charge on any atom is -0.351 e. The highest BCUT2D eigenvalue weighted by Crippen LogP contribution is 2.35. The number of nitrogens with zero attached hydrogens (tertiary/aromatic N) is 7. The molecule has 13 heteroatoms. The molecule has 154 valence electrons. The van der Waals surface area contributed by atoms with Gasteiger partial charge >= 0.3 is 6.18 Å². The molecule has 0 spiro atoms. The van der Waals surface area contributed by atoms with Crippen LogP contribution in [0.15, 0.2) is 12.7 Å². The van der Waals surface area contributed by atoms with Gasteiger partial charge in [-0.25, -0.2) is 15.0 Å². The first-order valence-electron chi connectivity index (χ1n) is 8.72. The van der Waals surface area contributed by atoms with Crippen molar-refractivity contribution < 1.29 is 18.0 Å². The first-order valence-corrected chi connectivity index (χ1v) is 9.10. The molecule has 0 aromatic carbocycles. The molecule has 0 bridgehead atoms. The monoisotopic (exact) mass is 428 g/mol. The van der Waals surface area contributed by atoms with Gasteiger partial charge in [0.2, 0.25) is 5.91 Å². The number of nitrogens with one attached hydrogen (secondary N) is 1.